The van der Waals surface area contributed by atoms with Crippen LogP contribution in [-0.4, -0.2) is 32.3 Å². The lowest BCUT2D eigenvalue weighted by Gasteiger charge is -2.08. The zero-order valence-electron chi connectivity index (χ0n) is 10.4. The monoisotopic (exact) mass is 330 g/mol. The van der Waals surface area contributed by atoms with Gasteiger partial charge in [-0.1, -0.05) is 22.0 Å². The summed E-state index contributed by atoms with van der Waals surface area (Å²) < 4.78 is 10.0. The number of primary amides is 1. The van der Waals surface area contributed by atoms with Crippen molar-refractivity contribution in [2.45, 2.75) is 6.54 Å². The second-order valence-electron chi connectivity index (χ2n) is 3.64. The first-order valence-corrected chi connectivity index (χ1v) is 6.33. The van der Waals surface area contributed by atoms with E-state index in [1.807, 2.05) is 6.07 Å². The van der Waals surface area contributed by atoms with Gasteiger partial charge in [0.15, 0.2) is 0 Å². The number of benzene rings is 1. The Morgan fingerprint density at radius 2 is 2.16 bits per heavy atom. The third-order valence-electron chi connectivity index (χ3n) is 2.31. The maximum atomic E-state index is 11.3. The third kappa shape index (κ3) is 5.27. The number of nitrogens with two attached hydrogens (primary N) is 1. The van der Waals surface area contributed by atoms with E-state index in [-0.39, 0.29) is 12.6 Å². The Morgan fingerprint density at radius 3 is 2.74 bits per heavy atom. The fourth-order valence-corrected chi connectivity index (χ4v) is 1.90. The summed E-state index contributed by atoms with van der Waals surface area (Å²) in [5, 5.41) is 3.08. The lowest BCUT2D eigenvalue weighted by atomic mass is 10.1. The van der Waals surface area contributed by atoms with Crippen LogP contribution in [0.2, 0.25) is 0 Å². The third-order valence-corrected chi connectivity index (χ3v) is 3.05. The number of rotatable bonds is 6. The van der Waals surface area contributed by atoms with Crippen molar-refractivity contribution in [3.63, 3.8) is 0 Å². The molecule has 6 nitrogen and oxygen atoms in total. The van der Waals surface area contributed by atoms with Crippen molar-refractivity contribution in [2.24, 2.45) is 5.73 Å². The van der Waals surface area contributed by atoms with Gasteiger partial charge >= 0.3 is 12.1 Å². The van der Waals surface area contributed by atoms with E-state index in [0.29, 0.717) is 18.7 Å². The summed E-state index contributed by atoms with van der Waals surface area (Å²) in [6.07, 6.45) is -0.787. The first-order chi connectivity index (χ1) is 9.04. The van der Waals surface area contributed by atoms with E-state index in [2.05, 4.69) is 30.7 Å². The summed E-state index contributed by atoms with van der Waals surface area (Å²) >= 11 is 3.38. The maximum Gasteiger partial charge on any atom is 0.404 e. The minimum atomic E-state index is -0.787. The van der Waals surface area contributed by atoms with E-state index in [0.717, 1.165) is 10.0 Å². The van der Waals surface area contributed by atoms with Crippen molar-refractivity contribution in [1.82, 2.24) is 5.32 Å². The second-order valence-corrected chi connectivity index (χ2v) is 4.50. The van der Waals surface area contributed by atoms with Gasteiger partial charge in [0.05, 0.1) is 12.7 Å². The molecule has 0 aliphatic heterocycles. The Bertz CT molecular complexity index is 465. The molecule has 1 amide bonds. The van der Waals surface area contributed by atoms with Crippen molar-refractivity contribution in [1.29, 1.82) is 0 Å². The Kier molecular flexibility index (Phi) is 6.31. The first kappa shape index (κ1) is 15.5. The van der Waals surface area contributed by atoms with Gasteiger partial charge < -0.3 is 20.5 Å². The molecule has 0 aromatic heterocycles. The van der Waals surface area contributed by atoms with Gasteiger partial charge in [0.2, 0.25) is 0 Å². The fraction of sp³-hybridized carbons (Fsp3) is 0.333. The molecule has 0 aliphatic carbocycles. The smallest absolute Gasteiger partial charge is 0.404 e. The lowest BCUT2D eigenvalue weighted by molar-refractivity contribution is 0.0600. The van der Waals surface area contributed by atoms with E-state index in [1.165, 1.54) is 7.11 Å². The summed E-state index contributed by atoms with van der Waals surface area (Å²) in [6, 6.07) is 5.20. The van der Waals surface area contributed by atoms with E-state index in [1.54, 1.807) is 12.1 Å². The fourth-order valence-electron chi connectivity index (χ4n) is 1.38. The topological polar surface area (TPSA) is 90.7 Å². The van der Waals surface area contributed by atoms with Crippen LogP contribution in [0.15, 0.2) is 22.7 Å². The van der Waals surface area contributed by atoms with Crippen LogP contribution < -0.4 is 11.1 Å². The highest BCUT2D eigenvalue weighted by atomic mass is 79.9. The second kappa shape index (κ2) is 7.75. The number of carbonyl (C=O) groups is 2. The van der Waals surface area contributed by atoms with Crippen molar-refractivity contribution < 1.29 is 19.1 Å². The van der Waals surface area contributed by atoms with Crippen LogP contribution in [-0.2, 0) is 16.0 Å². The Hall–Kier alpha value is -1.60. The molecule has 0 fully saturated rings. The molecule has 0 spiro atoms. The molecule has 0 heterocycles. The van der Waals surface area contributed by atoms with Gasteiger partial charge in [-0.2, -0.15) is 0 Å². The molecule has 1 aromatic carbocycles. The van der Waals surface area contributed by atoms with Crippen LogP contribution in [0.25, 0.3) is 0 Å². The largest absolute Gasteiger partial charge is 0.465 e. The molecule has 0 saturated carbocycles. The first-order valence-electron chi connectivity index (χ1n) is 5.54. The zero-order valence-corrected chi connectivity index (χ0v) is 12.0. The number of nitrogens with one attached hydrogen (secondary N) is 1. The molecule has 0 aliphatic rings. The van der Waals surface area contributed by atoms with Gasteiger partial charge in [0.1, 0.15) is 6.61 Å². The number of esters is 1. The normalized spacial score (nSPS) is 10.0. The molecule has 1 aromatic rings. The number of amides is 1. The predicted molar refractivity (Wildman–Crippen MR) is 72.7 cm³/mol. The van der Waals surface area contributed by atoms with E-state index in [4.69, 9.17) is 5.73 Å². The zero-order chi connectivity index (χ0) is 14.3. The van der Waals surface area contributed by atoms with Crippen molar-refractivity contribution in [3.8, 4) is 0 Å². The van der Waals surface area contributed by atoms with Gasteiger partial charge in [-0.3, -0.25) is 0 Å². The van der Waals surface area contributed by atoms with Crippen LogP contribution in [0.5, 0.6) is 0 Å². The van der Waals surface area contributed by atoms with Gasteiger partial charge in [-0.05, 0) is 17.7 Å². The van der Waals surface area contributed by atoms with Crippen molar-refractivity contribution >= 4 is 28.0 Å². The van der Waals surface area contributed by atoms with E-state index in [9.17, 15) is 9.59 Å². The Balaban J connectivity index is 2.46. The molecule has 7 heteroatoms. The van der Waals surface area contributed by atoms with Gasteiger partial charge in [0.25, 0.3) is 0 Å². The standard InChI is InChI=1S/C12H15BrN2O4/c1-18-11(16)8-2-3-9(10(13)6-8)7-15-4-5-19-12(14)17/h2-3,6,15H,4-5,7H2,1H3,(H2,14,17). The average Bonchev–Trinajstić information content (AvgIpc) is 2.38. The Labute approximate surface area is 119 Å². The Morgan fingerprint density at radius 1 is 1.42 bits per heavy atom. The summed E-state index contributed by atoms with van der Waals surface area (Å²) in [6.45, 7) is 1.28. The number of methoxy groups -OCH3 is 1. The summed E-state index contributed by atoms with van der Waals surface area (Å²) in [5.41, 5.74) is 6.29. The van der Waals surface area contributed by atoms with Crippen molar-refractivity contribution in [3.05, 3.63) is 33.8 Å². The van der Waals surface area contributed by atoms with Crippen LogP contribution in [0.1, 0.15) is 15.9 Å². The maximum absolute atomic E-state index is 11.3. The highest BCUT2D eigenvalue weighted by Gasteiger charge is 2.08. The minimum absolute atomic E-state index is 0.215. The SMILES string of the molecule is COC(=O)c1ccc(CNCCOC(N)=O)c(Br)c1. The molecule has 19 heavy (non-hydrogen) atoms. The summed E-state index contributed by atoms with van der Waals surface area (Å²) in [4.78, 5) is 21.7. The molecule has 0 saturated heterocycles. The van der Waals surface area contributed by atoms with Crippen LogP contribution in [0.4, 0.5) is 4.79 Å². The average molecular weight is 331 g/mol. The molecule has 0 unspecified atom stereocenters. The minimum Gasteiger partial charge on any atom is -0.465 e. The molecular formula is C12H15BrN2O4. The molecule has 0 bridgehead atoms. The number of halogens is 1. The number of carbonyl (C=O) groups excluding carboxylic acids is 2. The lowest BCUT2D eigenvalue weighted by Crippen LogP contribution is -2.23. The highest BCUT2D eigenvalue weighted by molar-refractivity contribution is 9.10. The summed E-state index contributed by atoms with van der Waals surface area (Å²) in [5.74, 6) is -0.380. The van der Waals surface area contributed by atoms with E-state index >= 15 is 0 Å². The molecule has 1 rings (SSSR count). The highest BCUT2D eigenvalue weighted by Crippen LogP contribution is 2.19. The molecule has 0 atom stereocenters. The van der Waals surface area contributed by atoms with Crippen LogP contribution in [0.3, 0.4) is 0 Å². The quantitative estimate of drug-likeness (QED) is 0.608. The molecular weight excluding hydrogens is 316 g/mol. The molecule has 3 N–H and O–H groups in total. The van der Waals surface area contributed by atoms with Crippen molar-refractivity contribution in [2.75, 3.05) is 20.3 Å². The van der Waals surface area contributed by atoms with Crippen LogP contribution >= 0.6 is 15.9 Å². The van der Waals surface area contributed by atoms with Gasteiger partial charge in [0, 0.05) is 17.6 Å². The van der Waals surface area contributed by atoms with Gasteiger partial charge in [-0.25, -0.2) is 9.59 Å². The number of ether oxygens (including phenoxy) is 2. The van der Waals surface area contributed by atoms with E-state index < -0.39 is 6.09 Å². The molecule has 104 valence electrons. The van der Waals surface area contributed by atoms with Crippen LogP contribution in [0, 0.1) is 0 Å². The molecule has 0 radical (unpaired) electrons. The summed E-state index contributed by atoms with van der Waals surface area (Å²) in [7, 11) is 1.34. The number of hydrogen-bond acceptors (Lipinski definition) is 5. The van der Waals surface area contributed by atoms with Gasteiger partial charge in [-0.15, -0.1) is 0 Å². The predicted octanol–water partition coefficient (Wildman–Crippen LogP) is 1.42. The number of hydrogen-bond donors (Lipinski definition) is 2.